The van der Waals surface area contributed by atoms with Crippen molar-refractivity contribution in [3.8, 4) is 0 Å². The quantitative estimate of drug-likeness (QED) is 0.224. The van der Waals surface area contributed by atoms with Gasteiger partial charge in [-0.2, -0.15) is 0 Å². The Morgan fingerprint density at radius 2 is 1.42 bits per heavy atom. The van der Waals surface area contributed by atoms with Crippen LogP contribution in [0.5, 0.6) is 0 Å². The lowest BCUT2D eigenvalue weighted by molar-refractivity contribution is -0.137. The highest BCUT2D eigenvalue weighted by atomic mass is 16.5. The summed E-state index contributed by atoms with van der Waals surface area (Å²) in [6.45, 7) is 2.78. The number of nitrogens with zero attached hydrogens (tertiary/aromatic N) is 1. The number of benzene rings is 1. The summed E-state index contributed by atoms with van der Waals surface area (Å²) in [4.78, 5) is 13.8. The molecule has 3 heteroatoms. The second kappa shape index (κ2) is 14.4. The summed E-state index contributed by atoms with van der Waals surface area (Å²) in [5, 5.41) is 0. The zero-order valence-corrected chi connectivity index (χ0v) is 17.0. The van der Waals surface area contributed by atoms with E-state index in [4.69, 9.17) is 4.74 Å². The average molecular weight is 360 g/mol. The Kier molecular flexibility index (Phi) is 12.3. The summed E-state index contributed by atoms with van der Waals surface area (Å²) in [7, 11) is 4.02. The highest BCUT2D eigenvalue weighted by molar-refractivity contribution is 5.87. The number of carbonyl (C=O) groups is 1. The molecule has 0 aromatic heterocycles. The van der Waals surface area contributed by atoms with Crippen molar-refractivity contribution in [1.29, 1.82) is 0 Å². The third-order valence-corrected chi connectivity index (χ3v) is 4.56. The highest BCUT2D eigenvalue weighted by Gasteiger charge is 1.98. The molecule has 0 radical (unpaired) electrons. The summed E-state index contributed by atoms with van der Waals surface area (Å²) in [6.07, 6.45) is 16.2. The average Bonchev–Trinajstić information content (AvgIpc) is 2.64. The van der Waals surface area contributed by atoms with Gasteiger partial charge >= 0.3 is 5.97 Å². The van der Waals surface area contributed by atoms with Crippen molar-refractivity contribution >= 4 is 17.7 Å². The fraction of sp³-hybridized carbons (Fsp3) is 0.609. The van der Waals surface area contributed by atoms with Gasteiger partial charge in [0.15, 0.2) is 0 Å². The molecule has 0 bridgehead atoms. The summed E-state index contributed by atoms with van der Waals surface area (Å²) >= 11 is 0. The number of ether oxygens (including phenoxy) is 1. The minimum absolute atomic E-state index is 0.252. The van der Waals surface area contributed by atoms with E-state index in [1.165, 1.54) is 57.4 Å². The van der Waals surface area contributed by atoms with Gasteiger partial charge in [0.25, 0.3) is 0 Å². The Hall–Kier alpha value is -1.77. The van der Waals surface area contributed by atoms with Gasteiger partial charge in [-0.25, -0.2) is 4.79 Å². The van der Waals surface area contributed by atoms with E-state index in [1.807, 2.05) is 43.3 Å². The molecule has 0 fully saturated rings. The van der Waals surface area contributed by atoms with Gasteiger partial charge < -0.3 is 9.64 Å². The van der Waals surface area contributed by atoms with Gasteiger partial charge in [-0.15, -0.1) is 0 Å². The maximum absolute atomic E-state index is 11.7. The maximum atomic E-state index is 11.7. The lowest BCUT2D eigenvalue weighted by Gasteiger charge is -2.11. The molecule has 0 atom stereocenters. The van der Waals surface area contributed by atoms with E-state index in [0.717, 1.165) is 24.1 Å². The molecule has 0 unspecified atom stereocenters. The van der Waals surface area contributed by atoms with E-state index in [2.05, 4.69) is 6.92 Å². The molecule has 26 heavy (non-hydrogen) atoms. The molecule has 0 saturated heterocycles. The number of esters is 1. The minimum atomic E-state index is -0.252. The normalized spacial score (nSPS) is 11.0. The molecular formula is C23H37NO2. The van der Waals surface area contributed by atoms with Crippen molar-refractivity contribution in [2.75, 3.05) is 25.6 Å². The standard InChI is InChI=1S/C23H37NO2/c1-4-5-6-7-8-9-10-11-12-13-20-26-23(25)19-16-21-14-17-22(18-15-21)24(2)3/h14-19H,4-13,20H2,1-3H3/b19-16+. The molecule has 3 nitrogen and oxygen atoms in total. The lowest BCUT2D eigenvalue weighted by Crippen LogP contribution is -2.07. The van der Waals surface area contributed by atoms with Gasteiger partial charge in [-0.05, 0) is 30.2 Å². The van der Waals surface area contributed by atoms with Gasteiger partial charge in [-0.3, -0.25) is 0 Å². The van der Waals surface area contributed by atoms with Crippen molar-refractivity contribution in [2.24, 2.45) is 0 Å². The Morgan fingerprint density at radius 1 is 0.885 bits per heavy atom. The molecule has 0 N–H and O–H groups in total. The number of unbranched alkanes of at least 4 members (excludes halogenated alkanes) is 9. The first-order valence-electron chi connectivity index (χ1n) is 10.3. The first-order valence-corrected chi connectivity index (χ1v) is 10.3. The topological polar surface area (TPSA) is 29.5 Å². The van der Waals surface area contributed by atoms with Crippen LogP contribution in [0.1, 0.15) is 76.7 Å². The van der Waals surface area contributed by atoms with Gasteiger partial charge in [0.2, 0.25) is 0 Å². The van der Waals surface area contributed by atoms with Gasteiger partial charge in [0.05, 0.1) is 6.61 Å². The zero-order valence-electron chi connectivity index (χ0n) is 17.0. The first kappa shape index (κ1) is 22.3. The fourth-order valence-electron chi connectivity index (χ4n) is 2.86. The molecular weight excluding hydrogens is 322 g/mol. The molecule has 0 spiro atoms. The number of anilines is 1. The molecule has 0 aliphatic heterocycles. The van der Waals surface area contributed by atoms with Crippen molar-refractivity contribution in [3.63, 3.8) is 0 Å². The molecule has 1 rings (SSSR count). The Bertz CT molecular complexity index is 505. The first-order chi connectivity index (χ1) is 12.6. The van der Waals surface area contributed by atoms with Crippen LogP contribution in [0, 0.1) is 0 Å². The lowest BCUT2D eigenvalue weighted by atomic mass is 10.1. The largest absolute Gasteiger partial charge is 0.463 e. The van der Waals surface area contributed by atoms with Crippen molar-refractivity contribution in [3.05, 3.63) is 35.9 Å². The monoisotopic (exact) mass is 359 g/mol. The van der Waals surface area contributed by atoms with Crippen LogP contribution < -0.4 is 4.90 Å². The van der Waals surface area contributed by atoms with Crippen LogP contribution in [0.25, 0.3) is 6.08 Å². The summed E-state index contributed by atoms with van der Waals surface area (Å²) in [5.41, 5.74) is 2.15. The molecule has 0 heterocycles. The zero-order chi connectivity index (χ0) is 19.0. The SMILES string of the molecule is CCCCCCCCCCCCOC(=O)/C=C/c1ccc(N(C)C)cc1. The fourth-order valence-corrected chi connectivity index (χ4v) is 2.86. The van der Waals surface area contributed by atoms with Crippen LogP contribution in [0.4, 0.5) is 5.69 Å². The van der Waals surface area contributed by atoms with Gasteiger partial charge in [0, 0.05) is 25.9 Å². The Labute approximate surface area is 160 Å². The summed E-state index contributed by atoms with van der Waals surface area (Å²) in [5.74, 6) is -0.252. The van der Waals surface area contributed by atoms with Crippen LogP contribution in [0.2, 0.25) is 0 Å². The maximum Gasteiger partial charge on any atom is 0.330 e. The molecule has 146 valence electrons. The molecule has 1 aromatic carbocycles. The van der Waals surface area contributed by atoms with Crippen molar-refractivity contribution in [2.45, 2.75) is 71.1 Å². The van der Waals surface area contributed by atoms with Crippen LogP contribution in [0.3, 0.4) is 0 Å². The molecule has 0 aliphatic rings. The summed E-state index contributed by atoms with van der Waals surface area (Å²) < 4.78 is 5.26. The smallest absolute Gasteiger partial charge is 0.330 e. The molecule has 0 aliphatic carbocycles. The number of rotatable bonds is 14. The second-order valence-electron chi connectivity index (χ2n) is 7.17. The Balaban J connectivity index is 2.03. The van der Waals surface area contributed by atoms with E-state index in [0.29, 0.717) is 6.61 Å². The van der Waals surface area contributed by atoms with Crippen LogP contribution in [-0.4, -0.2) is 26.7 Å². The van der Waals surface area contributed by atoms with Crippen LogP contribution in [-0.2, 0) is 9.53 Å². The minimum Gasteiger partial charge on any atom is -0.463 e. The molecule has 0 saturated carbocycles. The number of carbonyl (C=O) groups excluding carboxylic acids is 1. The number of hydrogen-bond acceptors (Lipinski definition) is 3. The van der Waals surface area contributed by atoms with E-state index in [1.54, 1.807) is 6.08 Å². The van der Waals surface area contributed by atoms with Crippen molar-refractivity contribution < 1.29 is 9.53 Å². The van der Waals surface area contributed by atoms with Crippen LogP contribution in [0.15, 0.2) is 30.3 Å². The third-order valence-electron chi connectivity index (χ3n) is 4.56. The van der Waals surface area contributed by atoms with Crippen molar-refractivity contribution in [1.82, 2.24) is 0 Å². The van der Waals surface area contributed by atoms with Crippen LogP contribution >= 0.6 is 0 Å². The summed E-state index contributed by atoms with van der Waals surface area (Å²) in [6, 6.07) is 8.08. The highest BCUT2D eigenvalue weighted by Crippen LogP contribution is 2.13. The van der Waals surface area contributed by atoms with Gasteiger partial charge in [0.1, 0.15) is 0 Å². The van der Waals surface area contributed by atoms with E-state index < -0.39 is 0 Å². The second-order valence-corrected chi connectivity index (χ2v) is 7.17. The number of hydrogen-bond donors (Lipinski definition) is 0. The molecule has 1 aromatic rings. The van der Waals surface area contributed by atoms with E-state index in [9.17, 15) is 4.79 Å². The predicted molar refractivity (Wildman–Crippen MR) is 113 cm³/mol. The van der Waals surface area contributed by atoms with E-state index >= 15 is 0 Å². The molecule has 0 amide bonds. The van der Waals surface area contributed by atoms with E-state index in [-0.39, 0.29) is 5.97 Å². The third kappa shape index (κ3) is 11.0. The van der Waals surface area contributed by atoms with Gasteiger partial charge in [-0.1, -0.05) is 76.8 Å². The Morgan fingerprint density at radius 3 is 1.96 bits per heavy atom. The predicted octanol–water partition coefficient (Wildman–Crippen LogP) is 6.23.